The van der Waals surface area contributed by atoms with E-state index in [1.165, 1.54) is 18.9 Å². The molecule has 0 N–H and O–H groups in total. The van der Waals surface area contributed by atoms with Gasteiger partial charge in [-0.1, -0.05) is 36.5 Å². The van der Waals surface area contributed by atoms with Crippen LogP contribution in [0.3, 0.4) is 0 Å². The van der Waals surface area contributed by atoms with E-state index in [9.17, 15) is 9.59 Å². The minimum absolute atomic E-state index is 0.0609. The highest BCUT2D eigenvalue weighted by Crippen LogP contribution is 2.40. The molecule has 0 saturated carbocycles. The number of allylic oxidation sites excluding steroid dienone is 1. The molecule has 0 aromatic heterocycles. The minimum Gasteiger partial charge on any atom is -0.490 e. The summed E-state index contributed by atoms with van der Waals surface area (Å²) >= 11 is 1.52. The minimum atomic E-state index is -0.591. The molecule has 29 heavy (non-hydrogen) atoms. The summed E-state index contributed by atoms with van der Waals surface area (Å²) < 4.78 is 15.9. The summed E-state index contributed by atoms with van der Waals surface area (Å²) in [5.74, 6) is 0.801. The number of hydrogen-bond donors (Lipinski definition) is 0. The van der Waals surface area contributed by atoms with Crippen molar-refractivity contribution in [2.75, 3.05) is 32.7 Å². The van der Waals surface area contributed by atoms with Crippen LogP contribution in [0.2, 0.25) is 0 Å². The van der Waals surface area contributed by atoms with Crippen LogP contribution in [0.4, 0.5) is 0 Å². The Morgan fingerprint density at radius 1 is 1.34 bits per heavy atom. The van der Waals surface area contributed by atoms with Crippen molar-refractivity contribution >= 4 is 28.8 Å². The molecule has 154 valence electrons. The monoisotopic (exact) mass is 416 g/mol. The van der Waals surface area contributed by atoms with E-state index in [1.807, 2.05) is 24.3 Å². The van der Waals surface area contributed by atoms with Gasteiger partial charge >= 0.3 is 5.97 Å². The molecule has 0 unspecified atom stereocenters. The molecule has 0 bridgehead atoms. The number of carbonyl (C=O) groups is 2. The lowest BCUT2D eigenvalue weighted by atomic mass is 9.94. The second-order valence-corrected chi connectivity index (χ2v) is 7.52. The molecular weight excluding hydrogens is 392 g/mol. The predicted octanol–water partition coefficient (Wildman–Crippen LogP) is 3.09. The lowest BCUT2D eigenvalue weighted by molar-refractivity contribution is -0.141. The summed E-state index contributed by atoms with van der Waals surface area (Å²) in [6, 6.07) is 6.75. The third-order valence-electron chi connectivity index (χ3n) is 4.51. The molecule has 7 nitrogen and oxygen atoms in total. The fraction of sp³-hybridized carbons (Fsp3) is 0.381. The van der Waals surface area contributed by atoms with Crippen LogP contribution in [0.5, 0.6) is 5.75 Å². The highest BCUT2D eigenvalue weighted by molar-refractivity contribution is 8.14. The van der Waals surface area contributed by atoms with Crippen LogP contribution in [0, 0.1) is 0 Å². The van der Waals surface area contributed by atoms with Gasteiger partial charge in [0, 0.05) is 19.3 Å². The lowest BCUT2D eigenvalue weighted by Gasteiger charge is -2.38. The number of benzene rings is 1. The Bertz CT molecular complexity index is 847. The first kappa shape index (κ1) is 21.1. The molecule has 1 saturated heterocycles. The van der Waals surface area contributed by atoms with Gasteiger partial charge in [0.2, 0.25) is 5.91 Å². The molecule has 8 heteroatoms. The Labute approximate surface area is 174 Å². The normalized spacial score (nSPS) is 18.8. The number of aliphatic imine (C=N–C) groups is 1. The zero-order chi connectivity index (χ0) is 20.8. The molecule has 1 amide bonds. The van der Waals surface area contributed by atoms with Gasteiger partial charge in [-0.05, 0) is 24.6 Å². The third kappa shape index (κ3) is 4.71. The molecule has 3 rings (SSSR count). The van der Waals surface area contributed by atoms with Crippen molar-refractivity contribution in [2.24, 2.45) is 4.99 Å². The number of esters is 1. The first-order chi connectivity index (χ1) is 14.1. The summed E-state index contributed by atoms with van der Waals surface area (Å²) in [4.78, 5) is 31.7. The van der Waals surface area contributed by atoms with E-state index in [4.69, 9.17) is 14.2 Å². The Balaban J connectivity index is 1.98. The molecule has 0 aliphatic carbocycles. The summed E-state index contributed by atoms with van der Waals surface area (Å²) in [5, 5.41) is 0.615. The van der Waals surface area contributed by atoms with E-state index >= 15 is 0 Å². The average molecular weight is 416 g/mol. The smallest absolute Gasteiger partial charge is 0.338 e. The Morgan fingerprint density at radius 3 is 2.79 bits per heavy atom. The summed E-state index contributed by atoms with van der Waals surface area (Å²) in [6.07, 6.45) is 2.06. The van der Waals surface area contributed by atoms with E-state index in [-0.39, 0.29) is 12.5 Å². The van der Waals surface area contributed by atoms with Crippen molar-refractivity contribution in [1.82, 2.24) is 4.90 Å². The van der Waals surface area contributed by atoms with Crippen LogP contribution in [-0.2, 0) is 19.1 Å². The highest BCUT2D eigenvalue weighted by atomic mass is 32.2. The number of amidine groups is 1. The van der Waals surface area contributed by atoms with Crippen LogP contribution < -0.4 is 4.74 Å². The second-order valence-electron chi connectivity index (χ2n) is 6.46. The van der Waals surface area contributed by atoms with Gasteiger partial charge in [0.25, 0.3) is 0 Å². The largest absolute Gasteiger partial charge is 0.490 e. The fourth-order valence-corrected chi connectivity index (χ4v) is 4.18. The number of methoxy groups -OCH3 is 1. The number of fused-ring (bicyclic) bond motifs is 1. The first-order valence-electron chi connectivity index (χ1n) is 9.30. The quantitative estimate of drug-likeness (QED) is 0.368. The van der Waals surface area contributed by atoms with E-state index in [0.717, 1.165) is 5.56 Å². The number of carbonyl (C=O) groups excluding carboxylic acids is 2. The van der Waals surface area contributed by atoms with Crippen molar-refractivity contribution in [3.8, 4) is 5.75 Å². The average Bonchev–Trinajstić information content (AvgIpc) is 2.72. The van der Waals surface area contributed by atoms with E-state index < -0.39 is 12.0 Å². The van der Waals surface area contributed by atoms with Gasteiger partial charge in [0.05, 0.1) is 23.9 Å². The highest BCUT2D eigenvalue weighted by Gasteiger charge is 2.41. The summed E-state index contributed by atoms with van der Waals surface area (Å²) in [5.41, 5.74) is 1.70. The molecule has 1 atom stereocenters. The SMILES string of the molecule is C=CCOc1ccc([C@H]2C(C(=O)OCCOC)=C(C)N=C3SCCC(=O)N32)cc1. The van der Waals surface area contributed by atoms with Gasteiger partial charge in [-0.3, -0.25) is 9.69 Å². The molecule has 1 aromatic carbocycles. The zero-order valence-corrected chi connectivity index (χ0v) is 17.4. The maximum absolute atomic E-state index is 12.9. The maximum atomic E-state index is 12.9. The van der Waals surface area contributed by atoms with Gasteiger partial charge < -0.3 is 14.2 Å². The van der Waals surface area contributed by atoms with E-state index in [0.29, 0.717) is 47.6 Å². The van der Waals surface area contributed by atoms with E-state index in [1.54, 1.807) is 17.9 Å². The molecule has 2 aliphatic rings. The number of nitrogens with zero attached hydrogens (tertiary/aromatic N) is 2. The first-order valence-corrected chi connectivity index (χ1v) is 10.3. The van der Waals surface area contributed by atoms with Crippen molar-refractivity contribution < 1.29 is 23.8 Å². The molecule has 2 aliphatic heterocycles. The molecule has 1 aromatic rings. The second kappa shape index (κ2) is 9.76. The number of thioether (sulfide) groups is 1. The van der Waals surface area contributed by atoms with Crippen LogP contribution in [0.1, 0.15) is 24.9 Å². The number of ether oxygens (including phenoxy) is 3. The molecule has 2 heterocycles. The molecule has 1 fully saturated rings. The van der Waals surface area contributed by atoms with Gasteiger partial charge in [-0.15, -0.1) is 0 Å². The van der Waals surface area contributed by atoms with Gasteiger partial charge in [-0.25, -0.2) is 9.79 Å². The Hall–Kier alpha value is -2.58. The fourth-order valence-electron chi connectivity index (χ4n) is 3.17. The van der Waals surface area contributed by atoms with Gasteiger partial charge in [0.15, 0.2) is 5.17 Å². The van der Waals surface area contributed by atoms with Crippen molar-refractivity contribution in [3.63, 3.8) is 0 Å². The third-order valence-corrected chi connectivity index (χ3v) is 5.47. The standard InChI is InChI=1S/C21H24N2O5S/c1-4-10-27-16-7-5-15(6-8-16)19-18(20(25)28-12-11-26-3)14(2)22-21-23(19)17(24)9-13-29-21/h4-8,19H,1,9-13H2,2-3H3/t19-/m0/s1. The summed E-state index contributed by atoms with van der Waals surface area (Å²) in [7, 11) is 1.54. The zero-order valence-electron chi connectivity index (χ0n) is 16.6. The Morgan fingerprint density at radius 2 is 2.10 bits per heavy atom. The number of rotatable bonds is 8. The van der Waals surface area contributed by atoms with Crippen molar-refractivity contribution in [2.45, 2.75) is 19.4 Å². The van der Waals surface area contributed by atoms with Crippen LogP contribution in [0.25, 0.3) is 0 Å². The van der Waals surface area contributed by atoms with Gasteiger partial charge in [-0.2, -0.15) is 0 Å². The topological polar surface area (TPSA) is 77.4 Å². The summed E-state index contributed by atoms with van der Waals surface area (Å²) in [6.45, 7) is 6.23. The molecule has 0 spiro atoms. The van der Waals surface area contributed by atoms with Crippen LogP contribution in [0.15, 0.2) is 53.2 Å². The van der Waals surface area contributed by atoms with Crippen molar-refractivity contribution in [3.05, 3.63) is 53.8 Å². The van der Waals surface area contributed by atoms with Gasteiger partial charge in [0.1, 0.15) is 19.0 Å². The lowest BCUT2D eigenvalue weighted by Crippen LogP contribution is -2.45. The Kier molecular flexibility index (Phi) is 7.11. The number of hydrogen-bond acceptors (Lipinski definition) is 7. The predicted molar refractivity (Wildman–Crippen MR) is 112 cm³/mol. The van der Waals surface area contributed by atoms with Crippen LogP contribution >= 0.6 is 11.8 Å². The van der Waals surface area contributed by atoms with Crippen LogP contribution in [-0.4, -0.2) is 54.6 Å². The maximum Gasteiger partial charge on any atom is 0.338 e. The molecular formula is C21H24N2O5S. The molecule has 0 radical (unpaired) electrons. The van der Waals surface area contributed by atoms with Crippen molar-refractivity contribution in [1.29, 1.82) is 0 Å². The number of amides is 1. The van der Waals surface area contributed by atoms with E-state index in [2.05, 4.69) is 11.6 Å².